The quantitative estimate of drug-likeness (QED) is 0.697. The van der Waals surface area contributed by atoms with E-state index < -0.39 is 0 Å². The normalized spacial score (nSPS) is 15.5. The minimum atomic E-state index is 0.852. The van der Waals surface area contributed by atoms with E-state index in [0.717, 1.165) is 67.7 Å². The lowest BCUT2D eigenvalue weighted by molar-refractivity contribution is 0.581. The highest BCUT2D eigenvalue weighted by molar-refractivity contribution is 7.18. The van der Waals surface area contributed by atoms with Gasteiger partial charge in [-0.1, -0.05) is 6.92 Å². The number of nitrogens with zero attached hydrogens (tertiary/aromatic N) is 3. The summed E-state index contributed by atoms with van der Waals surface area (Å²) in [5, 5.41) is 11.1. The van der Waals surface area contributed by atoms with Crippen molar-refractivity contribution in [1.29, 1.82) is 0 Å². The summed E-state index contributed by atoms with van der Waals surface area (Å²) in [6.07, 6.45) is 1.04. The van der Waals surface area contributed by atoms with Gasteiger partial charge in [0, 0.05) is 44.1 Å². The molecule has 1 aliphatic heterocycles. The van der Waals surface area contributed by atoms with Gasteiger partial charge in [-0.3, -0.25) is 0 Å². The average Bonchev–Trinajstić information content (AvgIpc) is 2.99. The minimum Gasteiger partial charge on any atom is -0.368 e. The zero-order valence-electron chi connectivity index (χ0n) is 13.3. The van der Waals surface area contributed by atoms with Gasteiger partial charge in [-0.25, -0.2) is 4.98 Å². The van der Waals surface area contributed by atoms with E-state index in [1.165, 1.54) is 4.88 Å². The molecule has 1 fully saturated rings. The average molecular weight is 320 g/mol. The molecule has 2 aromatic heterocycles. The Kier molecular flexibility index (Phi) is 5.07. The van der Waals surface area contributed by atoms with Crippen LogP contribution in [0.2, 0.25) is 0 Å². The largest absolute Gasteiger partial charge is 0.368 e. The highest BCUT2D eigenvalue weighted by atomic mass is 32.1. The van der Waals surface area contributed by atoms with Crippen LogP contribution >= 0.6 is 11.3 Å². The molecule has 1 aliphatic rings. The van der Waals surface area contributed by atoms with E-state index >= 15 is 0 Å². The number of rotatable bonds is 6. The number of hydrogen-bond donors (Lipinski definition) is 3. The third-order valence-corrected chi connectivity index (χ3v) is 5.02. The Morgan fingerprint density at radius 1 is 1.27 bits per heavy atom. The maximum absolute atomic E-state index is 4.81. The predicted molar refractivity (Wildman–Crippen MR) is 94.3 cm³/mol. The molecule has 3 N–H and O–H groups in total. The zero-order chi connectivity index (χ0) is 15.4. The first-order valence-electron chi connectivity index (χ1n) is 7.96. The summed E-state index contributed by atoms with van der Waals surface area (Å²) in [6, 6.07) is 2.23. The van der Waals surface area contributed by atoms with Crippen molar-refractivity contribution in [1.82, 2.24) is 20.6 Å². The Labute approximate surface area is 135 Å². The molecule has 3 heterocycles. The monoisotopic (exact) mass is 320 g/mol. The van der Waals surface area contributed by atoms with Crippen LogP contribution in [0, 0.1) is 0 Å². The van der Waals surface area contributed by atoms with Crippen molar-refractivity contribution in [3.63, 3.8) is 0 Å². The van der Waals surface area contributed by atoms with Crippen molar-refractivity contribution < 1.29 is 0 Å². The molecule has 0 amide bonds. The Morgan fingerprint density at radius 2 is 2.09 bits per heavy atom. The molecule has 0 bridgehead atoms. The summed E-state index contributed by atoms with van der Waals surface area (Å²) in [5.74, 6) is 1.81. The molecule has 0 aromatic carbocycles. The van der Waals surface area contributed by atoms with Crippen LogP contribution in [0.3, 0.4) is 0 Å². The van der Waals surface area contributed by atoms with Crippen LogP contribution in [0.15, 0.2) is 6.07 Å². The lowest BCUT2D eigenvalue weighted by atomic mass is 10.3. The number of piperazine rings is 1. The summed E-state index contributed by atoms with van der Waals surface area (Å²) < 4.78 is 0. The van der Waals surface area contributed by atoms with Crippen LogP contribution in [-0.4, -0.2) is 56.3 Å². The minimum absolute atomic E-state index is 0.852. The second kappa shape index (κ2) is 7.21. The number of aromatic nitrogens is 2. The zero-order valence-corrected chi connectivity index (χ0v) is 14.1. The van der Waals surface area contributed by atoms with Gasteiger partial charge in [-0.15, -0.1) is 11.3 Å². The number of thiophene rings is 1. The molecule has 22 heavy (non-hydrogen) atoms. The summed E-state index contributed by atoms with van der Waals surface area (Å²) in [6.45, 7) is 7.88. The number of aryl methyl sites for hydroxylation is 1. The molecule has 0 atom stereocenters. The fourth-order valence-electron chi connectivity index (χ4n) is 2.58. The summed E-state index contributed by atoms with van der Waals surface area (Å²) >= 11 is 1.78. The SMILES string of the molecule is CCc1cc2c(NCCNC)nc(N3CCNCC3)nc2s1. The highest BCUT2D eigenvalue weighted by Crippen LogP contribution is 2.31. The van der Waals surface area contributed by atoms with E-state index in [-0.39, 0.29) is 0 Å². The van der Waals surface area contributed by atoms with Gasteiger partial charge in [-0.2, -0.15) is 4.98 Å². The molecule has 0 spiro atoms. The number of hydrogen-bond acceptors (Lipinski definition) is 7. The van der Waals surface area contributed by atoms with Crippen molar-refractivity contribution in [2.75, 3.05) is 56.5 Å². The Hall–Kier alpha value is -1.44. The molecule has 120 valence electrons. The van der Waals surface area contributed by atoms with Gasteiger partial charge in [0.15, 0.2) is 0 Å². The molecule has 0 radical (unpaired) electrons. The van der Waals surface area contributed by atoms with E-state index in [0.29, 0.717) is 0 Å². The third kappa shape index (κ3) is 3.31. The second-order valence-corrected chi connectivity index (χ2v) is 6.54. The van der Waals surface area contributed by atoms with Crippen LogP contribution < -0.4 is 20.9 Å². The number of nitrogens with one attached hydrogen (secondary N) is 3. The van der Waals surface area contributed by atoms with E-state index in [4.69, 9.17) is 9.97 Å². The first-order chi connectivity index (χ1) is 10.8. The van der Waals surface area contributed by atoms with E-state index in [9.17, 15) is 0 Å². The van der Waals surface area contributed by atoms with Crippen molar-refractivity contribution in [2.45, 2.75) is 13.3 Å². The Morgan fingerprint density at radius 3 is 2.82 bits per heavy atom. The highest BCUT2D eigenvalue weighted by Gasteiger charge is 2.17. The maximum atomic E-state index is 4.81. The van der Waals surface area contributed by atoms with Gasteiger partial charge in [0.05, 0.1) is 5.39 Å². The standard InChI is InChI=1S/C15H24N6S/c1-3-11-10-12-13(18-5-4-16-2)19-15(20-14(12)22-11)21-8-6-17-7-9-21/h10,16-17H,3-9H2,1-2H3,(H,18,19,20). The molecule has 2 aromatic rings. The van der Waals surface area contributed by atoms with E-state index in [1.807, 2.05) is 7.05 Å². The predicted octanol–water partition coefficient (Wildman–Crippen LogP) is 1.29. The van der Waals surface area contributed by atoms with E-state index in [2.05, 4.69) is 33.8 Å². The van der Waals surface area contributed by atoms with Crippen molar-refractivity contribution in [3.8, 4) is 0 Å². The van der Waals surface area contributed by atoms with E-state index in [1.54, 1.807) is 11.3 Å². The van der Waals surface area contributed by atoms with Crippen LogP contribution in [0.25, 0.3) is 10.2 Å². The van der Waals surface area contributed by atoms with Crippen molar-refractivity contribution >= 4 is 33.3 Å². The fourth-order valence-corrected chi connectivity index (χ4v) is 3.54. The fraction of sp³-hybridized carbons (Fsp3) is 0.600. The van der Waals surface area contributed by atoms with Crippen LogP contribution in [0.1, 0.15) is 11.8 Å². The lowest BCUT2D eigenvalue weighted by Gasteiger charge is -2.27. The number of fused-ring (bicyclic) bond motifs is 1. The van der Waals surface area contributed by atoms with Gasteiger partial charge in [-0.05, 0) is 19.5 Å². The maximum Gasteiger partial charge on any atom is 0.228 e. The molecule has 6 nitrogen and oxygen atoms in total. The Bertz CT molecular complexity index is 620. The lowest BCUT2D eigenvalue weighted by Crippen LogP contribution is -2.44. The molecule has 0 unspecified atom stereocenters. The van der Waals surface area contributed by atoms with Crippen LogP contribution in [0.4, 0.5) is 11.8 Å². The molecular formula is C15H24N6S. The van der Waals surface area contributed by atoms with Crippen molar-refractivity contribution in [3.05, 3.63) is 10.9 Å². The second-order valence-electron chi connectivity index (χ2n) is 5.42. The molecule has 0 aliphatic carbocycles. The van der Waals surface area contributed by atoms with Crippen molar-refractivity contribution in [2.24, 2.45) is 0 Å². The number of likely N-dealkylation sites (N-methyl/N-ethyl adjacent to an activating group) is 1. The van der Waals surface area contributed by atoms with Gasteiger partial charge in [0.25, 0.3) is 0 Å². The third-order valence-electron chi connectivity index (χ3n) is 3.85. The molecule has 1 saturated heterocycles. The summed E-state index contributed by atoms with van der Waals surface area (Å²) in [7, 11) is 1.96. The summed E-state index contributed by atoms with van der Waals surface area (Å²) in [4.78, 5) is 14.3. The topological polar surface area (TPSA) is 65.1 Å². The smallest absolute Gasteiger partial charge is 0.228 e. The Balaban J connectivity index is 1.94. The van der Waals surface area contributed by atoms with Crippen LogP contribution in [0.5, 0.6) is 0 Å². The van der Waals surface area contributed by atoms with Gasteiger partial charge < -0.3 is 20.9 Å². The first-order valence-corrected chi connectivity index (χ1v) is 8.78. The number of anilines is 2. The van der Waals surface area contributed by atoms with Gasteiger partial charge >= 0.3 is 0 Å². The van der Waals surface area contributed by atoms with Gasteiger partial charge in [0.2, 0.25) is 5.95 Å². The molecule has 3 rings (SSSR count). The molecule has 7 heteroatoms. The first kappa shape index (κ1) is 15.5. The van der Waals surface area contributed by atoms with Gasteiger partial charge in [0.1, 0.15) is 10.6 Å². The summed E-state index contributed by atoms with van der Waals surface area (Å²) in [5.41, 5.74) is 0. The van der Waals surface area contributed by atoms with Crippen LogP contribution in [-0.2, 0) is 6.42 Å². The molecular weight excluding hydrogens is 296 g/mol. The molecule has 0 saturated carbocycles.